The number of benzene rings is 1. The lowest BCUT2D eigenvalue weighted by atomic mass is 10.1. The summed E-state index contributed by atoms with van der Waals surface area (Å²) in [7, 11) is 0. The molecule has 22 heavy (non-hydrogen) atoms. The lowest BCUT2D eigenvalue weighted by molar-refractivity contribution is 0.0786. The average molecular weight is 295 g/mol. The molecule has 0 saturated carbocycles. The Hall–Kier alpha value is -2.20. The van der Waals surface area contributed by atoms with E-state index in [0.717, 1.165) is 36.5 Å². The van der Waals surface area contributed by atoms with E-state index in [1.807, 2.05) is 54.3 Å². The summed E-state index contributed by atoms with van der Waals surface area (Å²) in [5.74, 6) is 0.501. The molecule has 1 aliphatic rings. The van der Waals surface area contributed by atoms with Crippen LogP contribution < -0.4 is 5.73 Å². The average Bonchev–Trinajstić information content (AvgIpc) is 3.04. The zero-order chi connectivity index (χ0) is 15.5. The van der Waals surface area contributed by atoms with Crippen LogP contribution in [0.15, 0.2) is 42.5 Å². The first-order valence-corrected chi connectivity index (χ1v) is 7.71. The Morgan fingerprint density at radius 3 is 2.68 bits per heavy atom. The van der Waals surface area contributed by atoms with Crippen molar-refractivity contribution in [3.8, 4) is 11.3 Å². The van der Waals surface area contributed by atoms with Crippen molar-refractivity contribution < 1.29 is 4.79 Å². The fourth-order valence-corrected chi connectivity index (χ4v) is 2.94. The summed E-state index contributed by atoms with van der Waals surface area (Å²) in [6, 6.07) is 13.8. The second-order valence-electron chi connectivity index (χ2n) is 5.84. The minimum Gasteiger partial charge on any atom is -0.338 e. The smallest absolute Gasteiger partial charge is 0.255 e. The van der Waals surface area contributed by atoms with Gasteiger partial charge in [0, 0.05) is 18.7 Å². The molecule has 4 nitrogen and oxygen atoms in total. The largest absolute Gasteiger partial charge is 0.338 e. The van der Waals surface area contributed by atoms with Gasteiger partial charge in [-0.1, -0.05) is 30.3 Å². The first-order valence-electron chi connectivity index (χ1n) is 7.71. The van der Waals surface area contributed by atoms with Gasteiger partial charge in [0.2, 0.25) is 0 Å². The van der Waals surface area contributed by atoms with Crippen molar-refractivity contribution in [3.63, 3.8) is 0 Å². The SMILES string of the molecule is Cc1nc(-c2ccccc2)ccc1C(=O)N1CCC(CN)C1. The lowest BCUT2D eigenvalue weighted by Crippen LogP contribution is -2.30. The van der Waals surface area contributed by atoms with E-state index in [1.165, 1.54) is 0 Å². The van der Waals surface area contributed by atoms with Gasteiger partial charge in [-0.15, -0.1) is 0 Å². The molecule has 0 radical (unpaired) electrons. The van der Waals surface area contributed by atoms with Crippen LogP contribution in [-0.4, -0.2) is 35.4 Å². The second kappa shape index (κ2) is 6.28. The highest BCUT2D eigenvalue weighted by Crippen LogP contribution is 2.22. The van der Waals surface area contributed by atoms with E-state index in [-0.39, 0.29) is 5.91 Å². The van der Waals surface area contributed by atoms with E-state index in [0.29, 0.717) is 18.0 Å². The van der Waals surface area contributed by atoms with Gasteiger partial charge in [0.15, 0.2) is 0 Å². The van der Waals surface area contributed by atoms with Crippen molar-refractivity contribution in [2.75, 3.05) is 19.6 Å². The Bertz CT molecular complexity index is 669. The van der Waals surface area contributed by atoms with Crippen LogP contribution in [0.1, 0.15) is 22.5 Å². The van der Waals surface area contributed by atoms with Crippen LogP contribution in [0.4, 0.5) is 0 Å². The van der Waals surface area contributed by atoms with Crippen LogP contribution in [0.25, 0.3) is 11.3 Å². The molecule has 0 spiro atoms. The predicted molar refractivity (Wildman–Crippen MR) is 87.5 cm³/mol. The third kappa shape index (κ3) is 2.88. The van der Waals surface area contributed by atoms with Gasteiger partial charge in [0.25, 0.3) is 5.91 Å². The van der Waals surface area contributed by atoms with Crippen molar-refractivity contribution in [2.24, 2.45) is 11.7 Å². The van der Waals surface area contributed by atoms with Crippen molar-refractivity contribution in [1.29, 1.82) is 0 Å². The molecule has 1 aromatic heterocycles. The van der Waals surface area contributed by atoms with Crippen LogP contribution in [0, 0.1) is 12.8 Å². The zero-order valence-corrected chi connectivity index (χ0v) is 12.8. The van der Waals surface area contributed by atoms with E-state index in [2.05, 4.69) is 4.98 Å². The molecule has 2 heterocycles. The van der Waals surface area contributed by atoms with Gasteiger partial charge < -0.3 is 10.6 Å². The van der Waals surface area contributed by atoms with Crippen molar-refractivity contribution in [2.45, 2.75) is 13.3 Å². The number of carbonyl (C=O) groups is 1. The van der Waals surface area contributed by atoms with E-state index in [4.69, 9.17) is 5.73 Å². The van der Waals surface area contributed by atoms with Crippen LogP contribution >= 0.6 is 0 Å². The summed E-state index contributed by atoms with van der Waals surface area (Å²) in [6.45, 7) is 4.10. The van der Waals surface area contributed by atoms with E-state index < -0.39 is 0 Å². The molecule has 2 aromatic rings. The first kappa shape index (κ1) is 14.7. The standard InChI is InChI=1S/C18H21N3O/c1-13-16(18(22)21-10-9-14(11-19)12-21)7-8-17(20-13)15-5-3-2-4-6-15/h2-8,14H,9-12,19H2,1H3. The second-order valence-corrected chi connectivity index (χ2v) is 5.84. The first-order chi connectivity index (χ1) is 10.7. The van der Waals surface area contributed by atoms with E-state index in [1.54, 1.807) is 0 Å². The van der Waals surface area contributed by atoms with Gasteiger partial charge in [0.05, 0.1) is 17.0 Å². The normalized spacial score (nSPS) is 17.7. The van der Waals surface area contributed by atoms with Gasteiger partial charge in [0.1, 0.15) is 0 Å². The summed E-state index contributed by atoms with van der Waals surface area (Å²) >= 11 is 0. The summed E-state index contributed by atoms with van der Waals surface area (Å²) in [6.07, 6.45) is 0.997. The maximum absolute atomic E-state index is 12.6. The van der Waals surface area contributed by atoms with Crippen LogP contribution in [-0.2, 0) is 0 Å². The summed E-state index contributed by atoms with van der Waals surface area (Å²) < 4.78 is 0. The molecule has 1 fully saturated rings. The summed E-state index contributed by atoms with van der Waals surface area (Å²) in [5, 5.41) is 0. The molecule has 1 unspecified atom stereocenters. The Kier molecular flexibility index (Phi) is 4.20. The highest BCUT2D eigenvalue weighted by Gasteiger charge is 2.27. The minimum atomic E-state index is 0.0700. The summed E-state index contributed by atoms with van der Waals surface area (Å²) in [4.78, 5) is 19.1. The third-order valence-corrected chi connectivity index (χ3v) is 4.29. The van der Waals surface area contributed by atoms with Crippen molar-refractivity contribution in [1.82, 2.24) is 9.88 Å². The molecule has 1 saturated heterocycles. The molecule has 0 aliphatic carbocycles. The molecule has 114 valence electrons. The number of amides is 1. The summed E-state index contributed by atoms with van der Waals surface area (Å²) in [5.41, 5.74) is 9.13. The number of nitrogens with two attached hydrogens (primary N) is 1. The van der Waals surface area contributed by atoms with Crippen molar-refractivity contribution >= 4 is 5.91 Å². The Morgan fingerprint density at radius 2 is 2.05 bits per heavy atom. The van der Waals surface area contributed by atoms with Crippen LogP contribution in [0.3, 0.4) is 0 Å². The molecule has 1 aromatic carbocycles. The number of aromatic nitrogens is 1. The molecular formula is C18H21N3O. The topological polar surface area (TPSA) is 59.2 Å². The Labute approximate surface area is 131 Å². The molecular weight excluding hydrogens is 274 g/mol. The van der Waals surface area contributed by atoms with Gasteiger partial charge in [-0.05, 0) is 37.9 Å². The van der Waals surface area contributed by atoms with Crippen molar-refractivity contribution in [3.05, 3.63) is 53.7 Å². The zero-order valence-electron chi connectivity index (χ0n) is 12.8. The molecule has 3 rings (SSSR count). The molecule has 2 N–H and O–H groups in total. The third-order valence-electron chi connectivity index (χ3n) is 4.29. The molecule has 0 bridgehead atoms. The number of rotatable bonds is 3. The number of aryl methyl sites for hydroxylation is 1. The van der Waals surface area contributed by atoms with Gasteiger partial charge in [-0.3, -0.25) is 9.78 Å². The van der Waals surface area contributed by atoms with E-state index >= 15 is 0 Å². The van der Waals surface area contributed by atoms with Gasteiger partial charge in [-0.2, -0.15) is 0 Å². The molecule has 1 atom stereocenters. The van der Waals surface area contributed by atoms with Crippen LogP contribution in [0.5, 0.6) is 0 Å². The van der Waals surface area contributed by atoms with Gasteiger partial charge >= 0.3 is 0 Å². The number of carbonyl (C=O) groups excluding carboxylic acids is 1. The monoisotopic (exact) mass is 295 g/mol. The highest BCUT2D eigenvalue weighted by molar-refractivity contribution is 5.95. The highest BCUT2D eigenvalue weighted by atomic mass is 16.2. The molecule has 4 heteroatoms. The Morgan fingerprint density at radius 1 is 1.27 bits per heavy atom. The lowest BCUT2D eigenvalue weighted by Gasteiger charge is -2.17. The fraction of sp³-hybridized carbons (Fsp3) is 0.333. The van der Waals surface area contributed by atoms with Gasteiger partial charge in [-0.25, -0.2) is 0 Å². The number of hydrogen-bond acceptors (Lipinski definition) is 3. The minimum absolute atomic E-state index is 0.0700. The van der Waals surface area contributed by atoms with E-state index in [9.17, 15) is 4.79 Å². The quantitative estimate of drug-likeness (QED) is 0.946. The fourth-order valence-electron chi connectivity index (χ4n) is 2.94. The number of hydrogen-bond donors (Lipinski definition) is 1. The van der Waals surface area contributed by atoms with Crippen LogP contribution in [0.2, 0.25) is 0 Å². The number of likely N-dealkylation sites (tertiary alicyclic amines) is 1. The number of pyridine rings is 1. The maximum Gasteiger partial charge on any atom is 0.255 e. The molecule has 1 aliphatic heterocycles. The Balaban J connectivity index is 1.82. The molecule has 1 amide bonds. The number of nitrogens with zero attached hydrogens (tertiary/aromatic N) is 2. The maximum atomic E-state index is 12.6. The predicted octanol–water partition coefficient (Wildman–Crippen LogP) is 2.48.